The number of benzene rings is 4. The Morgan fingerprint density at radius 3 is 1.98 bits per heavy atom. The third-order valence-electron chi connectivity index (χ3n) is 9.24. The zero-order valence-corrected chi connectivity index (χ0v) is 25.3. The molecule has 7 nitrogen and oxygen atoms in total. The summed E-state index contributed by atoms with van der Waals surface area (Å²) in [7, 11) is 0. The second kappa shape index (κ2) is 13.1. The SMILES string of the molecule is O=C1c2ccccc2C(=O)N1Cc1ccccc1-c1ccc([C@H]2O[C@@H](CN3CCCCC3)C[C@@H](c3ccc(CO)cc3)O2)cc1. The van der Waals surface area contributed by atoms with Crippen LogP contribution in [-0.2, 0) is 22.6 Å². The third-order valence-corrected chi connectivity index (χ3v) is 9.24. The van der Waals surface area contributed by atoms with Gasteiger partial charge in [0, 0.05) is 18.5 Å². The van der Waals surface area contributed by atoms with Gasteiger partial charge in [-0.15, -0.1) is 0 Å². The van der Waals surface area contributed by atoms with Gasteiger partial charge in [0.1, 0.15) is 0 Å². The fourth-order valence-electron chi connectivity index (χ4n) is 6.78. The molecule has 3 atom stereocenters. The Morgan fingerprint density at radius 1 is 0.689 bits per heavy atom. The zero-order valence-electron chi connectivity index (χ0n) is 25.3. The van der Waals surface area contributed by atoms with Crippen LogP contribution in [0.25, 0.3) is 11.1 Å². The van der Waals surface area contributed by atoms with Gasteiger partial charge >= 0.3 is 0 Å². The van der Waals surface area contributed by atoms with Crippen LogP contribution in [0, 0.1) is 0 Å². The van der Waals surface area contributed by atoms with Crippen molar-refractivity contribution in [2.24, 2.45) is 0 Å². The minimum atomic E-state index is -0.515. The molecule has 7 rings (SSSR count). The first-order valence-electron chi connectivity index (χ1n) is 15.9. The summed E-state index contributed by atoms with van der Waals surface area (Å²) in [6.07, 6.45) is 3.92. The van der Waals surface area contributed by atoms with E-state index in [2.05, 4.69) is 17.0 Å². The standard InChI is InChI=1S/C38H38N2O5/c41-25-26-12-14-28(15-13-26)35-22-31(24-39-20-6-1-7-21-39)44-38(45-35)29-18-16-27(17-19-29)32-9-3-2-8-30(32)23-40-36(42)33-10-4-5-11-34(33)37(40)43/h2-5,8-19,31,35,38,41H,1,6-7,20-25H2/t31-,35+,38+/m1/s1. The van der Waals surface area contributed by atoms with Gasteiger partial charge in [0.15, 0.2) is 6.29 Å². The van der Waals surface area contributed by atoms with Gasteiger partial charge in [-0.2, -0.15) is 0 Å². The number of aliphatic hydroxyl groups is 1. The van der Waals surface area contributed by atoms with Crippen molar-refractivity contribution in [2.45, 2.75) is 57.3 Å². The summed E-state index contributed by atoms with van der Waals surface area (Å²) in [5, 5.41) is 9.52. The first-order chi connectivity index (χ1) is 22.1. The highest BCUT2D eigenvalue weighted by atomic mass is 16.7. The van der Waals surface area contributed by atoms with E-state index in [4.69, 9.17) is 9.47 Å². The van der Waals surface area contributed by atoms with Crippen LogP contribution < -0.4 is 0 Å². The van der Waals surface area contributed by atoms with Gasteiger partial charge in [0.25, 0.3) is 11.8 Å². The Kier molecular flexibility index (Phi) is 8.59. The topological polar surface area (TPSA) is 79.3 Å². The van der Waals surface area contributed by atoms with Crippen LogP contribution in [0.4, 0.5) is 0 Å². The van der Waals surface area contributed by atoms with E-state index in [1.165, 1.54) is 24.2 Å². The van der Waals surface area contributed by atoms with E-state index in [1.807, 2.05) is 60.7 Å². The molecule has 3 heterocycles. The molecule has 0 aliphatic carbocycles. The van der Waals surface area contributed by atoms with Crippen LogP contribution in [0.5, 0.6) is 0 Å². The van der Waals surface area contributed by atoms with Crippen LogP contribution in [0.1, 0.15) is 81.0 Å². The molecule has 4 aromatic carbocycles. The van der Waals surface area contributed by atoms with E-state index in [1.54, 1.807) is 24.3 Å². The Morgan fingerprint density at radius 2 is 1.31 bits per heavy atom. The molecule has 0 unspecified atom stereocenters. The Labute approximate surface area is 264 Å². The molecule has 0 bridgehead atoms. The van der Waals surface area contributed by atoms with Crippen molar-refractivity contribution in [3.8, 4) is 11.1 Å². The van der Waals surface area contributed by atoms with Crippen molar-refractivity contribution in [2.75, 3.05) is 19.6 Å². The number of likely N-dealkylation sites (tertiary alicyclic amines) is 1. The molecule has 0 radical (unpaired) electrons. The molecule has 3 aliphatic rings. The van der Waals surface area contributed by atoms with Gasteiger partial charge in [0.2, 0.25) is 0 Å². The average molecular weight is 603 g/mol. The van der Waals surface area contributed by atoms with Crippen molar-refractivity contribution in [1.82, 2.24) is 9.80 Å². The minimum Gasteiger partial charge on any atom is -0.392 e. The van der Waals surface area contributed by atoms with Gasteiger partial charge in [-0.3, -0.25) is 14.5 Å². The molecule has 0 spiro atoms. The van der Waals surface area contributed by atoms with Crippen molar-refractivity contribution in [1.29, 1.82) is 0 Å². The molecule has 2 fully saturated rings. The van der Waals surface area contributed by atoms with Crippen LogP contribution in [0.15, 0.2) is 97.1 Å². The first-order valence-corrected chi connectivity index (χ1v) is 15.9. The number of hydrogen-bond acceptors (Lipinski definition) is 6. The Hall–Kier alpha value is -4.14. The molecule has 7 heteroatoms. The lowest BCUT2D eigenvalue weighted by Crippen LogP contribution is -2.41. The number of piperidine rings is 1. The maximum absolute atomic E-state index is 13.1. The molecule has 4 aromatic rings. The summed E-state index contributed by atoms with van der Waals surface area (Å²) in [4.78, 5) is 30.0. The molecule has 230 valence electrons. The lowest BCUT2D eigenvalue weighted by molar-refractivity contribution is -0.253. The molecule has 3 aliphatic heterocycles. The first kappa shape index (κ1) is 29.6. The molecule has 0 saturated carbocycles. The number of aliphatic hydroxyl groups excluding tert-OH is 1. The number of ether oxygens (including phenoxy) is 2. The normalized spacial score (nSPS) is 22.1. The molecule has 45 heavy (non-hydrogen) atoms. The van der Waals surface area contributed by atoms with E-state index in [-0.39, 0.29) is 37.2 Å². The highest BCUT2D eigenvalue weighted by Crippen LogP contribution is 2.39. The van der Waals surface area contributed by atoms with E-state index in [0.717, 1.165) is 59.4 Å². The number of rotatable bonds is 8. The summed E-state index contributed by atoms with van der Waals surface area (Å²) < 4.78 is 13.2. The van der Waals surface area contributed by atoms with E-state index >= 15 is 0 Å². The van der Waals surface area contributed by atoms with Crippen molar-refractivity contribution in [3.05, 3.63) is 130 Å². The summed E-state index contributed by atoms with van der Waals surface area (Å²) in [5.74, 6) is -0.515. The Bertz CT molecular complexity index is 1630. The lowest BCUT2D eigenvalue weighted by Gasteiger charge is -2.39. The number of hydrogen-bond donors (Lipinski definition) is 1. The van der Waals surface area contributed by atoms with Crippen LogP contribution in [0.2, 0.25) is 0 Å². The largest absolute Gasteiger partial charge is 0.392 e. The van der Waals surface area contributed by atoms with Crippen molar-refractivity contribution in [3.63, 3.8) is 0 Å². The van der Waals surface area contributed by atoms with E-state index in [9.17, 15) is 14.7 Å². The molecular formula is C38H38N2O5. The average Bonchev–Trinajstić information content (AvgIpc) is 3.33. The van der Waals surface area contributed by atoms with Crippen LogP contribution >= 0.6 is 0 Å². The number of imide groups is 1. The van der Waals surface area contributed by atoms with Crippen molar-refractivity contribution >= 4 is 11.8 Å². The van der Waals surface area contributed by atoms with Gasteiger partial charge in [-0.1, -0.05) is 91.3 Å². The van der Waals surface area contributed by atoms with Gasteiger partial charge in [-0.25, -0.2) is 0 Å². The van der Waals surface area contributed by atoms with Crippen LogP contribution in [0.3, 0.4) is 0 Å². The number of amides is 2. The third kappa shape index (κ3) is 6.22. The summed E-state index contributed by atoms with van der Waals surface area (Å²) in [6.45, 7) is 3.32. The maximum Gasteiger partial charge on any atom is 0.261 e. The van der Waals surface area contributed by atoms with Crippen LogP contribution in [-0.4, -0.2) is 52.5 Å². The summed E-state index contributed by atoms with van der Waals surface area (Å²) in [5.41, 5.74) is 6.68. The molecule has 2 saturated heterocycles. The van der Waals surface area contributed by atoms with E-state index in [0.29, 0.717) is 11.1 Å². The second-order valence-electron chi connectivity index (χ2n) is 12.2. The summed E-state index contributed by atoms with van der Waals surface area (Å²) >= 11 is 0. The smallest absolute Gasteiger partial charge is 0.261 e. The van der Waals surface area contributed by atoms with E-state index < -0.39 is 6.29 Å². The van der Waals surface area contributed by atoms with Gasteiger partial charge in [-0.05, 0) is 65.9 Å². The highest BCUT2D eigenvalue weighted by Gasteiger charge is 2.36. The van der Waals surface area contributed by atoms with Crippen molar-refractivity contribution < 1.29 is 24.2 Å². The highest BCUT2D eigenvalue weighted by molar-refractivity contribution is 6.21. The fraction of sp³-hybridized carbons (Fsp3) is 0.316. The van der Waals surface area contributed by atoms with Gasteiger partial charge < -0.3 is 19.5 Å². The predicted molar refractivity (Wildman–Crippen MR) is 171 cm³/mol. The quantitative estimate of drug-likeness (QED) is 0.227. The molecule has 0 aromatic heterocycles. The fourth-order valence-corrected chi connectivity index (χ4v) is 6.78. The number of carbonyl (C=O) groups is 2. The summed E-state index contributed by atoms with van der Waals surface area (Å²) in [6, 6.07) is 31.1. The maximum atomic E-state index is 13.1. The number of carbonyl (C=O) groups excluding carboxylic acids is 2. The lowest BCUT2D eigenvalue weighted by atomic mass is 9.97. The second-order valence-corrected chi connectivity index (χ2v) is 12.2. The Balaban J connectivity index is 1.11. The molecular weight excluding hydrogens is 564 g/mol. The minimum absolute atomic E-state index is 0.0168. The molecule has 2 amide bonds. The predicted octanol–water partition coefficient (Wildman–Crippen LogP) is 6.67. The number of nitrogens with zero attached hydrogens (tertiary/aromatic N) is 2. The number of fused-ring (bicyclic) bond motifs is 1. The van der Waals surface area contributed by atoms with Gasteiger partial charge in [0.05, 0.1) is 36.5 Å². The molecule has 1 N–H and O–H groups in total. The monoisotopic (exact) mass is 602 g/mol. The zero-order chi connectivity index (χ0) is 30.8.